The Bertz CT molecular complexity index is 326. The zero-order valence-corrected chi connectivity index (χ0v) is 9.05. The van der Waals surface area contributed by atoms with E-state index in [1.54, 1.807) is 18.0 Å². The number of carbonyl (C=O) groups excluding carboxylic acids is 1. The second-order valence-corrected chi connectivity index (χ2v) is 2.97. The van der Waals surface area contributed by atoms with Gasteiger partial charge in [0.1, 0.15) is 6.61 Å². The number of anilines is 1. The first kappa shape index (κ1) is 12.5. The van der Waals surface area contributed by atoms with Gasteiger partial charge in [0.15, 0.2) is 0 Å². The Hall–Kier alpha value is -1.60. The van der Waals surface area contributed by atoms with E-state index < -0.39 is 6.09 Å². The Balaban J connectivity index is 2.36. The third-order valence-electron chi connectivity index (χ3n) is 1.73. The average Bonchev–Trinajstić information content (AvgIpc) is 2.71. The van der Waals surface area contributed by atoms with E-state index in [-0.39, 0.29) is 13.2 Å². The summed E-state index contributed by atoms with van der Waals surface area (Å²) in [4.78, 5) is 11.1. The van der Waals surface area contributed by atoms with Crippen LogP contribution in [0.1, 0.15) is 0 Å². The van der Waals surface area contributed by atoms with Crippen molar-refractivity contribution >= 4 is 11.8 Å². The number of hydrogen-bond donors (Lipinski definition) is 2. The summed E-state index contributed by atoms with van der Waals surface area (Å²) in [5.41, 5.74) is 0.541. The van der Waals surface area contributed by atoms with E-state index in [0.717, 1.165) is 0 Å². The lowest BCUT2D eigenvalue weighted by Gasteiger charge is -2.02. The molecule has 1 aromatic rings. The summed E-state index contributed by atoms with van der Waals surface area (Å²) in [7, 11) is 1.61. The summed E-state index contributed by atoms with van der Waals surface area (Å²) in [5, 5.41) is 14.9. The summed E-state index contributed by atoms with van der Waals surface area (Å²) < 4.78 is 11.2. The molecule has 0 fully saturated rings. The quantitative estimate of drug-likeness (QED) is 0.721. The number of ether oxygens (including phenoxy) is 2. The Morgan fingerprint density at radius 2 is 2.44 bits per heavy atom. The third-order valence-corrected chi connectivity index (χ3v) is 1.73. The van der Waals surface area contributed by atoms with E-state index in [1.165, 1.54) is 6.20 Å². The van der Waals surface area contributed by atoms with Crippen LogP contribution >= 0.6 is 0 Å². The molecule has 0 aliphatic heterocycles. The molecule has 7 nitrogen and oxygen atoms in total. The molecule has 0 spiro atoms. The predicted octanol–water partition coefficient (Wildman–Crippen LogP) is 0.0703. The Morgan fingerprint density at radius 3 is 3.12 bits per heavy atom. The highest BCUT2D eigenvalue weighted by Crippen LogP contribution is 2.04. The second kappa shape index (κ2) is 6.81. The number of carbonyl (C=O) groups is 1. The maximum absolute atomic E-state index is 11.1. The highest BCUT2D eigenvalue weighted by molar-refractivity contribution is 5.84. The first-order valence-corrected chi connectivity index (χ1v) is 4.82. The molecule has 1 amide bonds. The monoisotopic (exact) mass is 229 g/mol. The summed E-state index contributed by atoms with van der Waals surface area (Å²) in [6, 6.07) is 0. The molecule has 0 atom stereocenters. The number of methoxy groups -OCH3 is 1. The van der Waals surface area contributed by atoms with E-state index in [9.17, 15) is 4.79 Å². The fraction of sp³-hybridized carbons (Fsp3) is 0.556. The molecule has 90 valence electrons. The fourth-order valence-corrected chi connectivity index (χ4v) is 1.03. The molecule has 2 N–H and O–H groups in total. The van der Waals surface area contributed by atoms with Gasteiger partial charge >= 0.3 is 6.09 Å². The molecule has 0 aliphatic rings. The molecule has 0 aromatic carbocycles. The lowest BCUT2D eigenvalue weighted by atomic mass is 10.6. The Labute approximate surface area is 93.0 Å². The lowest BCUT2D eigenvalue weighted by molar-refractivity contribution is 0.131. The van der Waals surface area contributed by atoms with Gasteiger partial charge in [-0.05, 0) is 0 Å². The topological polar surface area (TPSA) is 85.6 Å². The zero-order chi connectivity index (χ0) is 11.8. The van der Waals surface area contributed by atoms with Gasteiger partial charge in [-0.15, -0.1) is 0 Å². The summed E-state index contributed by atoms with van der Waals surface area (Å²) in [6.45, 7) is 0.949. The number of aromatic nitrogens is 2. The van der Waals surface area contributed by atoms with Gasteiger partial charge in [-0.2, -0.15) is 5.10 Å². The summed E-state index contributed by atoms with van der Waals surface area (Å²) in [6.07, 6.45) is 2.56. The molecular weight excluding hydrogens is 214 g/mol. The number of aliphatic hydroxyl groups is 1. The van der Waals surface area contributed by atoms with Crippen LogP contribution in [0.4, 0.5) is 10.5 Å². The number of rotatable bonds is 6. The SMILES string of the molecule is COCCn1cc(NC(=O)OCCO)cn1. The second-order valence-electron chi connectivity index (χ2n) is 2.97. The van der Waals surface area contributed by atoms with Gasteiger partial charge in [0.05, 0.1) is 31.6 Å². The standard InChI is InChI=1S/C9H15N3O4/c1-15-4-2-12-7-8(6-10-12)11-9(14)16-5-3-13/h6-7,13H,2-5H2,1H3,(H,11,14). The molecule has 1 aromatic heterocycles. The highest BCUT2D eigenvalue weighted by Gasteiger charge is 2.04. The van der Waals surface area contributed by atoms with Crippen molar-refractivity contribution in [1.82, 2.24) is 9.78 Å². The van der Waals surface area contributed by atoms with E-state index in [1.807, 2.05) is 0 Å². The van der Waals surface area contributed by atoms with Crippen molar-refractivity contribution in [2.75, 3.05) is 32.2 Å². The normalized spacial score (nSPS) is 10.1. The van der Waals surface area contributed by atoms with Gasteiger partial charge in [0, 0.05) is 13.3 Å². The molecule has 7 heteroatoms. The highest BCUT2D eigenvalue weighted by atomic mass is 16.6. The van der Waals surface area contributed by atoms with Crippen LogP contribution in [-0.4, -0.2) is 47.9 Å². The summed E-state index contributed by atoms with van der Waals surface area (Å²) >= 11 is 0. The molecular formula is C9H15N3O4. The van der Waals surface area contributed by atoms with E-state index in [4.69, 9.17) is 9.84 Å². The number of nitrogens with one attached hydrogen (secondary N) is 1. The number of hydrogen-bond acceptors (Lipinski definition) is 5. The Morgan fingerprint density at radius 1 is 1.62 bits per heavy atom. The largest absolute Gasteiger partial charge is 0.447 e. The van der Waals surface area contributed by atoms with Crippen molar-refractivity contribution in [1.29, 1.82) is 0 Å². The third kappa shape index (κ3) is 4.28. The van der Waals surface area contributed by atoms with Crippen molar-refractivity contribution < 1.29 is 19.4 Å². The first-order chi connectivity index (χ1) is 7.76. The van der Waals surface area contributed by atoms with Crippen LogP contribution in [0, 0.1) is 0 Å². The van der Waals surface area contributed by atoms with Gasteiger partial charge in [-0.25, -0.2) is 4.79 Å². The smallest absolute Gasteiger partial charge is 0.411 e. The minimum absolute atomic E-state index is 0.0242. The molecule has 0 radical (unpaired) electrons. The number of amides is 1. The van der Waals surface area contributed by atoms with Crippen LogP contribution in [0.2, 0.25) is 0 Å². The van der Waals surface area contributed by atoms with Gasteiger partial charge in [-0.3, -0.25) is 10.00 Å². The van der Waals surface area contributed by atoms with Gasteiger partial charge in [0.2, 0.25) is 0 Å². The first-order valence-electron chi connectivity index (χ1n) is 4.82. The van der Waals surface area contributed by atoms with Crippen LogP contribution in [0.25, 0.3) is 0 Å². The van der Waals surface area contributed by atoms with Crippen molar-refractivity contribution in [3.63, 3.8) is 0 Å². The van der Waals surface area contributed by atoms with Crippen molar-refractivity contribution in [2.24, 2.45) is 0 Å². The molecule has 16 heavy (non-hydrogen) atoms. The molecule has 0 unspecified atom stereocenters. The van der Waals surface area contributed by atoms with Gasteiger partial charge in [0.25, 0.3) is 0 Å². The van der Waals surface area contributed by atoms with Crippen LogP contribution in [-0.2, 0) is 16.0 Å². The van der Waals surface area contributed by atoms with Crippen molar-refractivity contribution in [3.05, 3.63) is 12.4 Å². The maximum Gasteiger partial charge on any atom is 0.411 e. The van der Waals surface area contributed by atoms with E-state index in [0.29, 0.717) is 18.8 Å². The van der Waals surface area contributed by atoms with Crippen molar-refractivity contribution in [2.45, 2.75) is 6.54 Å². The fourth-order valence-electron chi connectivity index (χ4n) is 1.03. The van der Waals surface area contributed by atoms with Crippen LogP contribution in [0.15, 0.2) is 12.4 Å². The van der Waals surface area contributed by atoms with Crippen LogP contribution < -0.4 is 5.32 Å². The predicted molar refractivity (Wildman–Crippen MR) is 56.2 cm³/mol. The molecule has 0 saturated heterocycles. The molecule has 0 saturated carbocycles. The maximum atomic E-state index is 11.1. The Kier molecular flexibility index (Phi) is 5.30. The minimum atomic E-state index is -0.611. The van der Waals surface area contributed by atoms with E-state index in [2.05, 4.69) is 15.2 Å². The molecule has 1 rings (SSSR count). The number of aliphatic hydroxyl groups excluding tert-OH is 1. The van der Waals surface area contributed by atoms with Crippen LogP contribution in [0.5, 0.6) is 0 Å². The lowest BCUT2D eigenvalue weighted by Crippen LogP contribution is -2.15. The van der Waals surface area contributed by atoms with Crippen LogP contribution in [0.3, 0.4) is 0 Å². The van der Waals surface area contributed by atoms with E-state index >= 15 is 0 Å². The summed E-state index contributed by atoms with van der Waals surface area (Å²) in [5.74, 6) is 0. The molecule has 0 aliphatic carbocycles. The average molecular weight is 229 g/mol. The molecule has 1 heterocycles. The zero-order valence-electron chi connectivity index (χ0n) is 9.05. The number of nitrogens with zero attached hydrogens (tertiary/aromatic N) is 2. The van der Waals surface area contributed by atoms with Gasteiger partial charge < -0.3 is 14.6 Å². The molecule has 0 bridgehead atoms. The van der Waals surface area contributed by atoms with Crippen molar-refractivity contribution in [3.8, 4) is 0 Å². The minimum Gasteiger partial charge on any atom is -0.447 e. The van der Waals surface area contributed by atoms with Gasteiger partial charge in [-0.1, -0.05) is 0 Å².